The van der Waals surface area contributed by atoms with Crippen molar-refractivity contribution in [2.45, 2.75) is 66.1 Å². The van der Waals surface area contributed by atoms with Gasteiger partial charge >= 0.3 is 19.8 Å². The van der Waals surface area contributed by atoms with Gasteiger partial charge in [0.25, 0.3) is 5.56 Å². The number of aliphatic hydroxyl groups is 1. The van der Waals surface area contributed by atoms with Gasteiger partial charge in [-0.05, 0) is 0 Å². The minimum atomic E-state index is -4.24. The van der Waals surface area contributed by atoms with E-state index in [9.17, 15) is 23.7 Å². The Morgan fingerprint density at radius 3 is 1.83 bits per heavy atom. The van der Waals surface area contributed by atoms with Crippen molar-refractivity contribution in [2.24, 2.45) is 17.8 Å². The van der Waals surface area contributed by atoms with Crippen LogP contribution in [-0.2, 0) is 70.4 Å². The summed E-state index contributed by atoms with van der Waals surface area (Å²) in [6.45, 7) is 12.1. The predicted octanol–water partition coefficient (Wildman–Crippen LogP) is 1.61. The van der Waals surface area contributed by atoms with Crippen molar-refractivity contribution in [3.63, 3.8) is 0 Å². The van der Waals surface area contributed by atoms with Crippen LogP contribution in [-0.4, -0.2) is 154 Å². The number of nitrogens with one attached hydrogen (secondary N) is 2. The Hall–Kier alpha value is -3.41. The highest BCUT2D eigenvalue weighted by molar-refractivity contribution is 7.48. The maximum absolute atomic E-state index is 13.4. The van der Waals surface area contributed by atoms with Gasteiger partial charge in [0.05, 0.1) is 97.7 Å². The monoisotopic (exact) mass is 851 g/mol. The largest absolute Gasteiger partial charge is 0.474 e. The summed E-state index contributed by atoms with van der Waals surface area (Å²) in [6.07, 6.45) is -4.01. The number of nitrogens with zero attached hydrogens (tertiary/aromatic N) is 3. The number of aromatic nitrogens is 4. The van der Waals surface area contributed by atoms with Crippen molar-refractivity contribution >= 4 is 42.8 Å². The van der Waals surface area contributed by atoms with Gasteiger partial charge in [-0.1, -0.05) is 41.5 Å². The van der Waals surface area contributed by atoms with Gasteiger partial charge in [-0.2, -0.15) is 4.98 Å². The van der Waals surface area contributed by atoms with Gasteiger partial charge in [0.1, 0.15) is 12.4 Å². The molecule has 0 radical (unpaired) electrons. The van der Waals surface area contributed by atoms with E-state index >= 15 is 0 Å². The highest BCUT2D eigenvalue weighted by Crippen LogP contribution is 2.49. The second kappa shape index (κ2) is 25.3. The molecular formula is C35H58N5O17P. The Kier molecular flexibility index (Phi) is 21.3. The zero-order valence-electron chi connectivity index (χ0n) is 34.1. The lowest BCUT2D eigenvalue weighted by atomic mass is 10.1. The number of H-pyrrole nitrogens is 1. The van der Waals surface area contributed by atoms with Crippen LogP contribution in [0.15, 0.2) is 11.1 Å². The van der Waals surface area contributed by atoms with E-state index in [1.807, 2.05) is 0 Å². The van der Waals surface area contributed by atoms with E-state index in [4.69, 9.17) is 56.6 Å². The molecule has 1 aliphatic heterocycles. The molecule has 0 aliphatic carbocycles. The molecule has 3 N–H and O–H groups in total. The molecular weight excluding hydrogens is 793 g/mol. The lowest BCUT2D eigenvalue weighted by molar-refractivity contribution is -0.172. The molecule has 2 unspecified atom stereocenters. The van der Waals surface area contributed by atoms with Crippen molar-refractivity contribution < 1.29 is 75.5 Å². The van der Waals surface area contributed by atoms with Gasteiger partial charge in [0.2, 0.25) is 11.9 Å². The predicted molar refractivity (Wildman–Crippen MR) is 203 cm³/mol. The first-order valence-corrected chi connectivity index (χ1v) is 20.5. The first kappa shape index (κ1) is 49.0. The van der Waals surface area contributed by atoms with Crippen LogP contribution in [0.3, 0.4) is 0 Å². The number of aliphatic hydroxyl groups excluding tert-OH is 1. The average molecular weight is 852 g/mol. The van der Waals surface area contributed by atoms with Crippen LogP contribution >= 0.6 is 7.82 Å². The van der Waals surface area contributed by atoms with E-state index in [1.54, 1.807) is 41.5 Å². The van der Waals surface area contributed by atoms with Crippen molar-refractivity contribution in [1.82, 2.24) is 19.5 Å². The number of rotatable bonds is 29. The van der Waals surface area contributed by atoms with Crippen LogP contribution in [0.2, 0.25) is 0 Å². The molecule has 1 saturated heterocycles. The smallest absolute Gasteiger partial charge is 0.455 e. The third-order valence-corrected chi connectivity index (χ3v) is 9.44. The maximum Gasteiger partial charge on any atom is 0.474 e. The molecule has 0 saturated carbocycles. The first-order chi connectivity index (χ1) is 27.7. The molecule has 330 valence electrons. The maximum atomic E-state index is 13.4. The molecule has 1 aliphatic rings. The second-order valence-electron chi connectivity index (χ2n) is 13.6. The highest BCUT2D eigenvalue weighted by atomic mass is 31.2. The molecule has 3 rings (SSSR count). The minimum Gasteiger partial charge on any atom is -0.455 e. The number of esters is 2. The van der Waals surface area contributed by atoms with Crippen molar-refractivity contribution in [1.29, 1.82) is 0 Å². The summed E-state index contributed by atoms with van der Waals surface area (Å²) >= 11 is 0. The highest BCUT2D eigenvalue weighted by Gasteiger charge is 2.52. The summed E-state index contributed by atoms with van der Waals surface area (Å²) in [4.78, 5) is 62.5. The molecule has 2 aromatic rings. The third kappa shape index (κ3) is 15.6. The molecule has 58 heavy (non-hydrogen) atoms. The van der Waals surface area contributed by atoms with Crippen LogP contribution in [0, 0.1) is 17.8 Å². The molecule has 2 aromatic heterocycles. The van der Waals surface area contributed by atoms with E-state index in [1.165, 1.54) is 10.9 Å². The molecule has 22 nitrogen and oxygen atoms in total. The summed E-state index contributed by atoms with van der Waals surface area (Å²) in [7, 11) is -3.12. The topological polar surface area (TPSA) is 266 Å². The Morgan fingerprint density at radius 2 is 1.33 bits per heavy atom. The third-order valence-electron chi connectivity index (χ3n) is 8.03. The fourth-order valence-electron chi connectivity index (χ4n) is 4.90. The van der Waals surface area contributed by atoms with Gasteiger partial charge in [0.15, 0.2) is 29.6 Å². The van der Waals surface area contributed by atoms with Crippen molar-refractivity contribution in [3.05, 3.63) is 16.7 Å². The standard InChI is InChI=1S/C35H58N5O17P/c1-22(2)30(42)38-35-37-29-26(31(43)39-35)40(21-36-29)32-28(57-34(45)24(5)6)27(56-33(44)23(3)4)25(55-32)20-54-58(46,47-7)53-19-18-52-17-16-51-15-14-50-13-12-49-11-10-48-9-8-41/h21-25,27-28,32,41H,8-20H2,1-7H3,(H2,37,38,39,42,43)/t25?,27-,28-,32-,58?/m1/s1. The zero-order chi connectivity index (χ0) is 42.7. The SMILES string of the molecule is COP(=O)(OCCOCCOCCOCCOCCOCCO)OCC1O[C@@H](n2cnc3nc(NC(=O)C(C)C)[nH]c(=O)c32)[C@H](OC(=O)C(C)C)[C@@H]1OC(=O)C(C)C. The number of amides is 1. The molecule has 0 spiro atoms. The number of carbonyl (C=O) groups excluding carboxylic acids is 3. The lowest BCUT2D eigenvalue weighted by Gasteiger charge is -2.26. The Bertz CT molecular complexity index is 1670. The summed E-state index contributed by atoms with van der Waals surface area (Å²) in [5.41, 5.74) is -0.866. The summed E-state index contributed by atoms with van der Waals surface area (Å²) in [5, 5.41) is 11.2. The molecule has 1 fully saturated rings. The molecule has 0 aromatic carbocycles. The first-order valence-electron chi connectivity index (χ1n) is 19.0. The number of ether oxygens (including phenoxy) is 8. The van der Waals surface area contributed by atoms with Gasteiger partial charge in [0, 0.05) is 13.0 Å². The summed E-state index contributed by atoms with van der Waals surface area (Å²) in [6, 6.07) is 0. The van der Waals surface area contributed by atoms with E-state index in [2.05, 4.69) is 20.3 Å². The molecule has 0 bridgehead atoms. The van der Waals surface area contributed by atoms with Gasteiger partial charge in [-0.25, -0.2) is 9.55 Å². The number of imidazole rings is 1. The fourth-order valence-corrected chi connectivity index (χ4v) is 5.81. The van der Waals surface area contributed by atoms with E-state index in [0.29, 0.717) is 39.6 Å². The van der Waals surface area contributed by atoms with Gasteiger partial charge in [-0.15, -0.1) is 0 Å². The second-order valence-corrected chi connectivity index (χ2v) is 15.4. The van der Waals surface area contributed by atoms with Crippen LogP contribution in [0.25, 0.3) is 11.2 Å². The molecule has 1 amide bonds. The van der Waals surface area contributed by atoms with E-state index < -0.39 is 74.2 Å². The van der Waals surface area contributed by atoms with Crippen LogP contribution in [0.1, 0.15) is 47.8 Å². The van der Waals surface area contributed by atoms with E-state index in [0.717, 1.165) is 7.11 Å². The fraction of sp³-hybridized carbons (Fsp3) is 0.771. The molecule has 23 heteroatoms. The Labute approximate surface area is 336 Å². The summed E-state index contributed by atoms with van der Waals surface area (Å²) < 4.78 is 75.4. The lowest BCUT2D eigenvalue weighted by Crippen LogP contribution is -2.42. The van der Waals surface area contributed by atoms with Gasteiger partial charge < -0.3 is 43.0 Å². The number of aromatic amines is 1. The summed E-state index contributed by atoms with van der Waals surface area (Å²) in [5.74, 6) is -3.43. The number of phosphoric acid groups is 1. The van der Waals surface area contributed by atoms with E-state index in [-0.39, 0.29) is 62.7 Å². The normalized spacial score (nSPS) is 19.3. The number of phosphoric ester groups is 1. The Morgan fingerprint density at radius 1 is 0.810 bits per heavy atom. The quantitative estimate of drug-likeness (QED) is 0.0596. The minimum absolute atomic E-state index is 0.0128. The Balaban J connectivity index is 1.61. The van der Waals surface area contributed by atoms with Crippen molar-refractivity contribution in [2.75, 3.05) is 98.3 Å². The molecule has 3 heterocycles. The molecule has 5 atom stereocenters. The van der Waals surface area contributed by atoms with Crippen LogP contribution < -0.4 is 10.9 Å². The number of carbonyl (C=O) groups is 3. The number of hydrogen-bond acceptors (Lipinski definition) is 19. The number of hydrogen-bond donors (Lipinski definition) is 3. The van der Waals surface area contributed by atoms with Crippen molar-refractivity contribution in [3.8, 4) is 0 Å². The van der Waals surface area contributed by atoms with Crippen LogP contribution in [0.4, 0.5) is 5.95 Å². The average Bonchev–Trinajstić information content (AvgIpc) is 3.76. The number of anilines is 1. The van der Waals surface area contributed by atoms with Gasteiger partial charge in [-0.3, -0.25) is 47.6 Å². The van der Waals surface area contributed by atoms with Crippen LogP contribution in [0.5, 0.6) is 0 Å². The zero-order valence-corrected chi connectivity index (χ0v) is 35.0. The number of fused-ring (bicyclic) bond motifs is 1.